The van der Waals surface area contributed by atoms with Crippen LogP contribution in [0.3, 0.4) is 0 Å². The molecular formula is C27H45N3O. The van der Waals surface area contributed by atoms with Gasteiger partial charge in [0.15, 0.2) is 0 Å². The molecule has 2 heterocycles. The summed E-state index contributed by atoms with van der Waals surface area (Å²) in [4.78, 5) is 7.85. The van der Waals surface area contributed by atoms with Gasteiger partial charge in [-0.15, -0.1) is 0 Å². The summed E-state index contributed by atoms with van der Waals surface area (Å²) >= 11 is 0. The molecule has 0 atom stereocenters. The molecule has 174 valence electrons. The van der Waals surface area contributed by atoms with E-state index in [0.717, 1.165) is 51.2 Å². The first-order chi connectivity index (χ1) is 15.0. The van der Waals surface area contributed by atoms with Gasteiger partial charge in [-0.05, 0) is 73.6 Å². The third-order valence-corrected chi connectivity index (χ3v) is 8.03. The molecule has 4 heteroatoms. The minimum absolute atomic E-state index is 0.448. The molecule has 2 aliphatic heterocycles. The highest BCUT2D eigenvalue weighted by Gasteiger charge is 2.32. The number of hydrogen-bond donors (Lipinski definition) is 0. The van der Waals surface area contributed by atoms with Crippen molar-refractivity contribution in [2.24, 2.45) is 11.3 Å². The van der Waals surface area contributed by atoms with Gasteiger partial charge in [0, 0.05) is 50.6 Å². The molecule has 0 bridgehead atoms. The molecule has 1 aromatic rings. The monoisotopic (exact) mass is 427 g/mol. The van der Waals surface area contributed by atoms with Gasteiger partial charge in [-0.25, -0.2) is 0 Å². The average Bonchev–Trinajstić information content (AvgIpc) is 2.80. The number of rotatable bonds is 5. The highest BCUT2D eigenvalue weighted by atomic mass is 16.5. The number of morpholine rings is 1. The van der Waals surface area contributed by atoms with E-state index < -0.39 is 0 Å². The minimum atomic E-state index is 0.448. The Hall–Kier alpha value is -1.26. The fourth-order valence-corrected chi connectivity index (χ4v) is 5.97. The normalized spacial score (nSPS) is 26.3. The molecule has 31 heavy (non-hydrogen) atoms. The largest absolute Gasteiger partial charge is 0.378 e. The van der Waals surface area contributed by atoms with Crippen molar-refractivity contribution in [1.82, 2.24) is 4.90 Å². The van der Waals surface area contributed by atoms with Crippen LogP contribution in [0.4, 0.5) is 11.4 Å². The van der Waals surface area contributed by atoms with E-state index in [2.05, 4.69) is 60.6 Å². The molecule has 0 aromatic heterocycles. The van der Waals surface area contributed by atoms with Crippen molar-refractivity contribution in [3.8, 4) is 0 Å². The molecule has 4 nitrogen and oxygen atoms in total. The van der Waals surface area contributed by atoms with Gasteiger partial charge in [0.1, 0.15) is 0 Å². The van der Waals surface area contributed by atoms with Gasteiger partial charge in [-0.1, -0.05) is 33.8 Å². The smallest absolute Gasteiger partial charge is 0.0642 e. The van der Waals surface area contributed by atoms with Crippen molar-refractivity contribution in [3.63, 3.8) is 0 Å². The van der Waals surface area contributed by atoms with Crippen LogP contribution in [0.1, 0.15) is 71.3 Å². The fraction of sp³-hybridized carbons (Fsp3) is 0.778. The van der Waals surface area contributed by atoms with Crippen LogP contribution in [0.5, 0.6) is 0 Å². The van der Waals surface area contributed by atoms with E-state index in [1.807, 2.05) is 0 Å². The van der Waals surface area contributed by atoms with E-state index in [0.29, 0.717) is 5.41 Å². The lowest BCUT2D eigenvalue weighted by Crippen LogP contribution is -2.47. The Balaban J connectivity index is 1.54. The van der Waals surface area contributed by atoms with Crippen LogP contribution < -0.4 is 9.80 Å². The van der Waals surface area contributed by atoms with E-state index in [1.165, 1.54) is 63.1 Å². The number of nitrogens with zero attached hydrogens (tertiary/aromatic N) is 3. The van der Waals surface area contributed by atoms with Crippen molar-refractivity contribution in [2.75, 3.05) is 68.8 Å². The lowest BCUT2D eigenvalue weighted by molar-refractivity contribution is 0.122. The molecule has 0 radical (unpaired) electrons. The maximum absolute atomic E-state index is 5.60. The predicted octanol–water partition coefficient (Wildman–Crippen LogP) is 5.38. The molecule has 0 unspecified atom stereocenters. The second kappa shape index (κ2) is 10.1. The van der Waals surface area contributed by atoms with E-state index in [1.54, 1.807) is 5.56 Å². The summed E-state index contributed by atoms with van der Waals surface area (Å²) in [5, 5.41) is 0. The van der Waals surface area contributed by atoms with Crippen LogP contribution in [0.15, 0.2) is 18.2 Å². The molecule has 0 spiro atoms. The fourth-order valence-electron chi connectivity index (χ4n) is 5.97. The Morgan fingerprint density at radius 3 is 2.16 bits per heavy atom. The molecule has 1 aliphatic carbocycles. The van der Waals surface area contributed by atoms with Crippen molar-refractivity contribution in [2.45, 2.75) is 65.7 Å². The van der Waals surface area contributed by atoms with Crippen molar-refractivity contribution < 1.29 is 4.74 Å². The summed E-state index contributed by atoms with van der Waals surface area (Å²) in [5.74, 6) is 1.60. The third-order valence-electron chi connectivity index (χ3n) is 8.03. The van der Waals surface area contributed by atoms with E-state index >= 15 is 0 Å². The second-order valence-electron chi connectivity index (χ2n) is 11.1. The second-order valence-corrected chi connectivity index (χ2v) is 11.1. The minimum Gasteiger partial charge on any atom is -0.378 e. The lowest BCUT2D eigenvalue weighted by atomic mass is 9.68. The number of benzene rings is 1. The quantitative estimate of drug-likeness (QED) is 0.628. The van der Waals surface area contributed by atoms with Gasteiger partial charge >= 0.3 is 0 Å². The molecule has 3 aliphatic rings. The summed E-state index contributed by atoms with van der Waals surface area (Å²) < 4.78 is 5.60. The van der Waals surface area contributed by atoms with Crippen LogP contribution in [0, 0.1) is 11.3 Å². The van der Waals surface area contributed by atoms with Crippen LogP contribution >= 0.6 is 0 Å². The Bertz CT molecular complexity index is 691. The Labute approximate surface area is 190 Å². The number of anilines is 2. The molecule has 1 saturated carbocycles. The number of ether oxygens (including phenoxy) is 1. The Morgan fingerprint density at radius 2 is 1.55 bits per heavy atom. The molecule has 0 N–H and O–H groups in total. The maximum Gasteiger partial charge on any atom is 0.0642 e. The lowest BCUT2D eigenvalue weighted by Gasteiger charge is -2.41. The van der Waals surface area contributed by atoms with E-state index in [4.69, 9.17) is 4.74 Å². The highest BCUT2D eigenvalue weighted by Crippen LogP contribution is 2.46. The average molecular weight is 428 g/mol. The summed E-state index contributed by atoms with van der Waals surface area (Å²) in [5.41, 5.74) is 4.98. The van der Waals surface area contributed by atoms with Crippen LogP contribution in [-0.4, -0.2) is 63.9 Å². The van der Waals surface area contributed by atoms with E-state index in [9.17, 15) is 0 Å². The van der Waals surface area contributed by atoms with Gasteiger partial charge in [-0.2, -0.15) is 0 Å². The van der Waals surface area contributed by atoms with Crippen LogP contribution in [0.2, 0.25) is 0 Å². The van der Waals surface area contributed by atoms with Crippen LogP contribution in [-0.2, 0) is 4.74 Å². The van der Waals surface area contributed by atoms with Crippen LogP contribution in [0.25, 0.3) is 0 Å². The zero-order valence-corrected chi connectivity index (χ0v) is 20.5. The van der Waals surface area contributed by atoms with E-state index in [-0.39, 0.29) is 0 Å². The van der Waals surface area contributed by atoms with Gasteiger partial charge < -0.3 is 14.5 Å². The maximum atomic E-state index is 5.60. The summed E-state index contributed by atoms with van der Waals surface area (Å²) in [6.45, 7) is 19.3. The van der Waals surface area contributed by atoms with Gasteiger partial charge in [0.2, 0.25) is 0 Å². The Morgan fingerprint density at radius 1 is 0.871 bits per heavy atom. The molecule has 0 amide bonds. The number of piperazine rings is 1. The summed E-state index contributed by atoms with van der Waals surface area (Å²) in [6, 6.07) is 7.40. The summed E-state index contributed by atoms with van der Waals surface area (Å²) in [7, 11) is 0. The van der Waals surface area contributed by atoms with Gasteiger partial charge in [0.25, 0.3) is 0 Å². The Kier molecular flexibility index (Phi) is 7.48. The molecular weight excluding hydrogens is 382 g/mol. The molecule has 1 aromatic carbocycles. The SMILES string of the molecule is CCCN1CCN(c2cc(N3CCOCC3)ccc2C2CCC(C(C)(C)C)CC2)CC1. The van der Waals surface area contributed by atoms with Crippen molar-refractivity contribution >= 4 is 11.4 Å². The standard InChI is InChI=1S/C27H45N3O/c1-5-12-28-13-15-30(16-14-28)26-21-24(29-17-19-31-20-18-29)10-11-25(26)22-6-8-23(9-7-22)27(2,3)4/h10-11,21-23H,5-9,12-20H2,1-4H3. The zero-order valence-electron chi connectivity index (χ0n) is 20.5. The van der Waals surface area contributed by atoms with Crippen molar-refractivity contribution in [1.29, 1.82) is 0 Å². The molecule has 3 fully saturated rings. The topological polar surface area (TPSA) is 19.0 Å². The highest BCUT2D eigenvalue weighted by molar-refractivity contribution is 5.65. The summed E-state index contributed by atoms with van der Waals surface area (Å²) in [6.07, 6.45) is 6.71. The first-order valence-electron chi connectivity index (χ1n) is 12.9. The predicted molar refractivity (Wildman–Crippen MR) is 133 cm³/mol. The van der Waals surface area contributed by atoms with Gasteiger partial charge in [0.05, 0.1) is 13.2 Å². The van der Waals surface area contributed by atoms with Crippen molar-refractivity contribution in [3.05, 3.63) is 23.8 Å². The molecule has 2 saturated heterocycles. The first kappa shape index (κ1) is 22.9. The molecule has 4 rings (SSSR count). The third kappa shape index (κ3) is 5.57. The van der Waals surface area contributed by atoms with Gasteiger partial charge in [-0.3, -0.25) is 4.90 Å². The zero-order chi connectivity index (χ0) is 21.8. The number of hydrogen-bond acceptors (Lipinski definition) is 4. The first-order valence-corrected chi connectivity index (χ1v) is 12.9.